The molecular weight excluding hydrogens is 771 g/mol. The van der Waals surface area contributed by atoms with E-state index in [2.05, 4.69) is 70.3 Å². The van der Waals surface area contributed by atoms with E-state index in [0.717, 1.165) is 139 Å². The Morgan fingerprint density at radius 2 is 1.66 bits per heavy atom. The largest absolute Gasteiger partial charge is 0.493 e. The Morgan fingerprint density at radius 1 is 0.934 bits per heavy atom. The van der Waals surface area contributed by atoms with Crippen LogP contribution in [0.5, 0.6) is 5.75 Å². The van der Waals surface area contributed by atoms with Gasteiger partial charge in [0.15, 0.2) is 0 Å². The number of aldehydes is 2. The first-order valence-corrected chi connectivity index (χ1v) is 22.6. The standard InChI is InChI=1S/C49H65N5O7/c1-4-41-39(35-56)33-38(20-21-43(41)53(5-2)40-22-31-60-32-23-40)37-18-16-36(17-19-37)34-52-27-25-51(26-28-52)24-9-7-6-8-10-30-61-45-15-11-13-42-46(45)49(59)54(48(42)58)44(14-12-29-55)47(57)50-3/h11,13,15-19,21,29,33,35,40,44H,4-10,12,14,20,22-28,30-32,34H2,1-3H3,(H,50,57). The number of imide groups is 1. The molecular formula is C49H65N5O7. The summed E-state index contributed by atoms with van der Waals surface area (Å²) in [5.74, 6) is -1.25. The zero-order valence-corrected chi connectivity index (χ0v) is 36.5. The Labute approximate surface area is 362 Å². The van der Waals surface area contributed by atoms with Crippen molar-refractivity contribution in [3.05, 3.63) is 93.7 Å². The van der Waals surface area contributed by atoms with Gasteiger partial charge in [-0.3, -0.25) is 29.0 Å². The average Bonchev–Trinajstić information content (AvgIpc) is 3.41. The molecule has 328 valence electrons. The molecule has 2 fully saturated rings. The second kappa shape index (κ2) is 22.8. The van der Waals surface area contributed by atoms with Crippen molar-refractivity contribution in [2.75, 3.05) is 66.1 Å². The lowest BCUT2D eigenvalue weighted by Gasteiger charge is -2.38. The molecule has 4 aliphatic rings. The monoisotopic (exact) mass is 835 g/mol. The molecule has 1 N–H and O–H groups in total. The lowest BCUT2D eigenvalue weighted by atomic mass is 9.98. The van der Waals surface area contributed by atoms with Gasteiger partial charge in [-0.1, -0.05) is 62.6 Å². The highest BCUT2D eigenvalue weighted by molar-refractivity contribution is 6.24. The summed E-state index contributed by atoms with van der Waals surface area (Å²) < 4.78 is 11.7. The molecule has 3 aliphatic heterocycles. The van der Waals surface area contributed by atoms with Gasteiger partial charge in [-0.05, 0) is 98.9 Å². The van der Waals surface area contributed by atoms with E-state index < -0.39 is 23.8 Å². The number of rotatable bonds is 22. The van der Waals surface area contributed by atoms with Gasteiger partial charge in [0, 0.05) is 83.3 Å². The van der Waals surface area contributed by atoms with Crippen LogP contribution in [-0.2, 0) is 25.7 Å². The Morgan fingerprint density at radius 3 is 2.34 bits per heavy atom. The highest BCUT2D eigenvalue weighted by atomic mass is 16.5. The molecule has 12 nitrogen and oxygen atoms in total. The molecule has 1 aliphatic carbocycles. The number of allylic oxidation sites excluding steroid dienone is 5. The third-order valence-corrected chi connectivity index (χ3v) is 12.7. The number of amides is 3. The van der Waals surface area contributed by atoms with Crippen molar-refractivity contribution in [1.29, 1.82) is 0 Å². The number of unbranched alkanes of at least 4 members (excludes halogenated alkanes) is 4. The zero-order valence-electron chi connectivity index (χ0n) is 36.5. The normalized spacial score (nSPS) is 18.3. The topological polar surface area (TPSA) is 129 Å². The maximum atomic E-state index is 13.4. The summed E-state index contributed by atoms with van der Waals surface area (Å²) >= 11 is 0. The minimum atomic E-state index is -1.06. The van der Waals surface area contributed by atoms with E-state index in [1.165, 1.54) is 29.4 Å². The van der Waals surface area contributed by atoms with Crippen LogP contribution >= 0.6 is 0 Å². The molecule has 6 rings (SSSR count). The van der Waals surface area contributed by atoms with Crippen LogP contribution in [0.3, 0.4) is 0 Å². The smallest absolute Gasteiger partial charge is 0.266 e. The molecule has 61 heavy (non-hydrogen) atoms. The molecule has 12 heteroatoms. The lowest BCUT2D eigenvalue weighted by Crippen LogP contribution is -2.48. The molecule has 0 radical (unpaired) electrons. The molecule has 0 bridgehead atoms. The molecule has 2 aromatic carbocycles. The van der Waals surface area contributed by atoms with Crippen LogP contribution in [-0.4, -0.2) is 128 Å². The Balaban J connectivity index is 0.892. The van der Waals surface area contributed by atoms with Gasteiger partial charge in [0.1, 0.15) is 24.4 Å². The summed E-state index contributed by atoms with van der Waals surface area (Å²) in [4.78, 5) is 71.1. The second-order valence-corrected chi connectivity index (χ2v) is 16.5. The number of hydrogen-bond donors (Lipinski definition) is 1. The van der Waals surface area contributed by atoms with Crippen LogP contribution in [0.2, 0.25) is 0 Å². The van der Waals surface area contributed by atoms with Gasteiger partial charge < -0.3 is 29.4 Å². The lowest BCUT2D eigenvalue weighted by molar-refractivity contribution is -0.124. The van der Waals surface area contributed by atoms with Crippen molar-refractivity contribution in [1.82, 2.24) is 24.9 Å². The van der Waals surface area contributed by atoms with Crippen molar-refractivity contribution in [3.8, 4) is 5.75 Å². The van der Waals surface area contributed by atoms with Crippen LogP contribution in [0.1, 0.15) is 116 Å². The van der Waals surface area contributed by atoms with Crippen LogP contribution in [0, 0.1) is 0 Å². The van der Waals surface area contributed by atoms with Crippen LogP contribution < -0.4 is 10.1 Å². The summed E-state index contributed by atoms with van der Waals surface area (Å²) in [6.45, 7) is 13.5. The maximum absolute atomic E-state index is 13.4. The molecule has 3 amide bonds. The summed E-state index contributed by atoms with van der Waals surface area (Å²) in [5, 5.41) is 2.50. The number of nitrogens with one attached hydrogen (secondary N) is 1. The number of ether oxygens (including phenoxy) is 2. The molecule has 0 spiro atoms. The van der Waals surface area contributed by atoms with Crippen molar-refractivity contribution >= 4 is 35.9 Å². The predicted molar refractivity (Wildman–Crippen MR) is 237 cm³/mol. The first kappa shape index (κ1) is 45.6. The molecule has 0 saturated carbocycles. The van der Waals surface area contributed by atoms with E-state index >= 15 is 0 Å². The highest BCUT2D eigenvalue weighted by Gasteiger charge is 2.44. The number of nitrogens with zero attached hydrogens (tertiary/aromatic N) is 4. The number of likely N-dealkylation sites (N-methyl/N-ethyl adjacent to an activating group) is 2. The Hall–Kier alpha value is -4.91. The molecule has 1 unspecified atom stereocenters. The number of hydrogen-bond acceptors (Lipinski definition) is 10. The van der Waals surface area contributed by atoms with E-state index in [-0.39, 0.29) is 24.0 Å². The predicted octanol–water partition coefficient (Wildman–Crippen LogP) is 6.60. The van der Waals surface area contributed by atoms with Gasteiger partial charge in [-0.15, -0.1) is 0 Å². The van der Waals surface area contributed by atoms with Gasteiger partial charge in [0.25, 0.3) is 11.8 Å². The average molecular weight is 836 g/mol. The van der Waals surface area contributed by atoms with Crippen LogP contribution in [0.15, 0.2) is 71.5 Å². The highest BCUT2D eigenvalue weighted by Crippen LogP contribution is 2.35. The fourth-order valence-corrected chi connectivity index (χ4v) is 9.26. The maximum Gasteiger partial charge on any atom is 0.266 e. The fraction of sp³-hybridized carbons (Fsp3) is 0.531. The number of carbonyl (C=O) groups excluding carboxylic acids is 5. The van der Waals surface area contributed by atoms with E-state index in [4.69, 9.17) is 9.47 Å². The SMILES string of the molecule is CCC1=C(C=O)C=C(c2ccc(CN3CCN(CCCCCCCOc4cccc5c4C(=O)N(C(CCC=O)C(=O)NC)C5=O)CC3)cc2)CC=C1N(CC)C1CCOCC1. The number of carbonyl (C=O) groups is 5. The van der Waals surface area contributed by atoms with Crippen molar-refractivity contribution in [3.63, 3.8) is 0 Å². The van der Waals surface area contributed by atoms with E-state index in [1.54, 1.807) is 18.2 Å². The summed E-state index contributed by atoms with van der Waals surface area (Å²) in [5.41, 5.74) is 7.22. The van der Waals surface area contributed by atoms with Crippen LogP contribution in [0.25, 0.3) is 5.57 Å². The Kier molecular flexibility index (Phi) is 17.0. The second-order valence-electron chi connectivity index (χ2n) is 16.5. The van der Waals surface area contributed by atoms with E-state index in [0.29, 0.717) is 24.7 Å². The molecule has 2 aromatic rings. The quantitative estimate of drug-likeness (QED) is 0.0788. The van der Waals surface area contributed by atoms with Crippen LogP contribution in [0.4, 0.5) is 0 Å². The van der Waals surface area contributed by atoms with Gasteiger partial charge in [0.2, 0.25) is 5.91 Å². The number of piperazine rings is 1. The third-order valence-electron chi connectivity index (χ3n) is 12.7. The van der Waals surface area contributed by atoms with Gasteiger partial charge in [-0.2, -0.15) is 0 Å². The Bertz CT molecular complexity index is 1940. The molecule has 2 saturated heterocycles. The van der Waals surface area contributed by atoms with Gasteiger partial charge in [-0.25, -0.2) is 0 Å². The minimum absolute atomic E-state index is 0.0574. The number of benzene rings is 2. The molecule has 1 atom stereocenters. The first-order chi connectivity index (χ1) is 29.8. The van der Waals surface area contributed by atoms with Crippen molar-refractivity contribution < 1.29 is 33.4 Å². The van der Waals surface area contributed by atoms with Gasteiger partial charge in [0.05, 0.1) is 17.7 Å². The summed E-state index contributed by atoms with van der Waals surface area (Å²) in [6.07, 6.45) is 15.2. The summed E-state index contributed by atoms with van der Waals surface area (Å²) in [7, 11) is 1.44. The van der Waals surface area contributed by atoms with E-state index in [1.807, 2.05) is 0 Å². The third kappa shape index (κ3) is 11.3. The minimum Gasteiger partial charge on any atom is -0.493 e. The van der Waals surface area contributed by atoms with E-state index in [9.17, 15) is 24.0 Å². The first-order valence-electron chi connectivity index (χ1n) is 22.6. The number of fused-ring (bicyclic) bond motifs is 1. The van der Waals surface area contributed by atoms with Gasteiger partial charge >= 0.3 is 0 Å². The summed E-state index contributed by atoms with van der Waals surface area (Å²) in [6, 6.07) is 13.3. The molecule has 0 aromatic heterocycles. The van der Waals surface area contributed by atoms with Crippen molar-refractivity contribution in [2.45, 2.75) is 103 Å². The molecule has 3 heterocycles. The fourth-order valence-electron chi connectivity index (χ4n) is 9.26. The van der Waals surface area contributed by atoms with Crippen molar-refractivity contribution in [2.24, 2.45) is 0 Å². The zero-order chi connectivity index (χ0) is 43.1.